The number of carboxylic acids is 1. The molecule has 0 radical (unpaired) electrons. The molecule has 4 rings (SSSR count). The average molecular weight is 622 g/mol. The number of likely N-dealkylation sites (N-methyl/N-ethyl adjacent to an activating group) is 2. The molecule has 43 heavy (non-hydrogen) atoms. The van der Waals surface area contributed by atoms with Gasteiger partial charge in [-0.3, -0.25) is 24.0 Å². The quantitative estimate of drug-likeness (QED) is 0.250. The minimum Gasteiger partial charge on any atom is -0.481 e. The normalized spacial score (nSPS) is 25.0. The highest BCUT2D eigenvalue weighted by atomic mass is 32.1. The van der Waals surface area contributed by atoms with Crippen LogP contribution in [-0.2, 0) is 23.9 Å². The van der Waals surface area contributed by atoms with Crippen molar-refractivity contribution in [2.75, 3.05) is 27.7 Å². The zero-order valence-corrected chi connectivity index (χ0v) is 27.5. The summed E-state index contributed by atoms with van der Waals surface area (Å²) in [6.07, 6.45) is 0.935. The summed E-state index contributed by atoms with van der Waals surface area (Å²) in [5, 5.41) is 17.4. The highest BCUT2D eigenvalue weighted by Gasteiger charge is 2.78. The highest BCUT2D eigenvalue weighted by Crippen LogP contribution is 2.71. The number of aliphatic carboxylic acids is 1. The van der Waals surface area contributed by atoms with Crippen molar-refractivity contribution >= 4 is 41.0 Å². The number of hydrogen-bond acceptors (Lipinski definition) is 9. The lowest BCUT2D eigenvalue weighted by atomic mass is 9.33. The van der Waals surface area contributed by atoms with Crippen LogP contribution in [0.4, 0.5) is 0 Å². The molecule has 3 fully saturated rings. The van der Waals surface area contributed by atoms with Crippen LogP contribution in [0.5, 0.6) is 0 Å². The standard InChI is InChI=1S/C30H47N5O7S/c1-10-17(4)24(32-23(37)12-34(7)8)27(39)35(9)21(16(2)3)11-22(42-19(6)36)26-31-20(13-43-26)25(38)33-30-14-29(15-30,18(30)5)28(40)41/h13,16-18,21-22,24H,10-12,14-15H2,1-9H3,(H,32,37)(H,33,38)(H,40,41)/t17-,18-,21+,22+,24-,29?,30?/m0/s1. The number of carbonyl (C=O) groups is 5. The number of amides is 3. The van der Waals surface area contributed by atoms with Gasteiger partial charge in [-0.05, 0) is 44.7 Å². The van der Waals surface area contributed by atoms with E-state index in [9.17, 15) is 29.1 Å². The second kappa shape index (κ2) is 13.3. The van der Waals surface area contributed by atoms with E-state index in [0.717, 1.165) is 0 Å². The van der Waals surface area contributed by atoms with Crippen LogP contribution in [0.3, 0.4) is 0 Å². The minimum absolute atomic E-state index is 0.0304. The van der Waals surface area contributed by atoms with Gasteiger partial charge in [0, 0.05) is 37.4 Å². The van der Waals surface area contributed by atoms with Gasteiger partial charge in [0.05, 0.1) is 12.0 Å². The molecule has 0 unspecified atom stereocenters. The van der Waals surface area contributed by atoms with E-state index in [1.54, 1.807) is 36.3 Å². The Morgan fingerprint density at radius 1 is 1.16 bits per heavy atom. The van der Waals surface area contributed by atoms with Crippen LogP contribution >= 0.6 is 11.3 Å². The summed E-state index contributed by atoms with van der Waals surface area (Å²) in [4.78, 5) is 71.1. The Bertz CT molecular complexity index is 1230. The maximum atomic E-state index is 13.8. The first kappa shape index (κ1) is 34.4. The summed E-state index contributed by atoms with van der Waals surface area (Å²) >= 11 is 1.19. The first-order valence-electron chi connectivity index (χ1n) is 14.9. The molecule has 0 aliphatic heterocycles. The zero-order valence-electron chi connectivity index (χ0n) is 26.7. The molecule has 3 amide bonds. The molecule has 2 bridgehead atoms. The number of nitrogens with one attached hydrogen (secondary N) is 2. The van der Waals surface area contributed by atoms with Gasteiger partial charge in [0.1, 0.15) is 16.7 Å². The summed E-state index contributed by atoms with van der Waals surface area (Å²) in [5.41, 5.74) is -1.11. The van der Waals surface area contributed by atoms with E-state index in [2.05, 4.69) is 15.6 Å². The van der Waals surface area contributed by atoms with Crippen molar-refractivity contribution in [2.45, 2.75) is 91.0 Å². The predicted octanol–water partition coefficient (Wildman–Crippen LogP) is 2.70. The van der Waals surface area contributed by atoms with Crippen molar-refractivity contribution in [2.24, 2.45) is 23.2 Å². The van der Waals surface area contributed by atoms with Gasteiger partial charge in [-0.1, -0.05) is 41.0 Å². The molecule has 1 aromatic rings. The summed E-state index contributed by atoms with van der Waals surface area (Å²) in [5.74, 6) is -2.51. The van der Waals surface area contributed by atoms with E-state index in [0.29, 0.717) is 24.3 Å². The van der Waals surface area contributed by atoms with Crippen LogP contribution < -0.4 is 10.6 Å². The number of aromatic nitrogens is 1. The van der Waals surface area contributed by atoms with E-state index < -0.39 is 40.9 Å². The van der Waals surface area contributed by atoms with Crippen molar-refractivity contribution in [1.82, 2.24) is 25.4 Å². The van der Waals surface area contributed by atoms with Gasteiger partial charge in [-0.2, -0.15) is 0 Å². The molecule has 240 valence electrons. The zero-order chi connectivity index (χ0) is 32.4. The number of rotatable bonds is 15. The minimum atomic E-state index is -0.828. The van der Waals surface area contributed by atoms with E-state index in [-0.39, 0.29) is 54.3 Å². The van der Waals surface area contributed by atoms with E-state index in [4.69, 9.17) is 4.74 Å². The van der Waals surface area contributed by atoms with Gasteiger partial charge in [0.15, 0.2) is 6.10 Å². The van der Waals surface area contributed by atoms with Gasteiger partial charge in [-0.25, -0.2) is 4.98 Å². The Balaban J connectivity index is 1.77. The van der Waals surface area contributed by atoms with Crippen LogP contribution in [0.2, 0.25) is 0 Å². The number of esters is 1. The van der Waals surface area contributed by atoms with E-state index in [1.165, 1.54) is 18.3 Å². The number of nitrogens with zero attached hydrogens (tertiary/aromatic N) is 3. The molecule has 3 aliphatic carbocycles. The van der Waals surface area contributed by atoms with Gasteiger partial charge in [0.25, 0.3) is 5.91 Å². The van der Waals surface area contributed by atoms with E-state index >= 15 is 0 Å². The van der Waals surface area contributed by atoms with Crippen LogP contribution in [0.25, 0.3) is 0 Å². The fourth-order valence-corrected chi connectivity index (χ4v) is 7.22. The summed E-state index contributed by atoms with van der Waals surface area (Å²) in [6, 6.07) is -1.09. The number of carboxylic acid groups (broad SMARTS) is 1. The molecular weight excluding hydrogens is 574 g/mol. The molecule has 0 spiro atoms. The smallest absolute Gasteiger partial charge is 0.310 e. The third-order valence-electron chi connectivity index (χ3n) is 9.37. The third-order valence-corrected chi connectivity index (χ3v) is 10.3. The third kappa shape index (κ3) is 7.03. The molecule has 1 heterocycles. The first-order chi connectivity index (χ1) is 20.0. The van der Waals surface area contributed by atoms with Gasteiger partial charge >= 0.3 is 11.9 Å². The van der Waals surface area contributed by atoms with Crippen molar-refractivity contribution in [3.8, 4) is 0 Å². The molecule has 0 saturated heterocycles. The van der Waals surface area contributed by atoms with Crippen molar-refractivity contribution in [3.63, 3.8) is 0 Å². The highest BCUT2D eigenvalue weighted by molar-refractivity contribution is 7.09. The number of hydrogen-bond donors (Lipinski definition) is 3. The van der Waals surface area contributed by atoms with Gasteiger partial charge in [-0.15, -0.1) is 11.3 Å². The predicted molar refractivity (Wildman–Crippen MR) is 161 cm³/mol. The van der Waals surface area contributed by atoms with Crippen LogP contribution in [0, 0.1) is 23.2 Å². The topological polar surface area (TPSA) is 158 Å². The van der Waals surface area contributed by atoms with E-state index in [1.807, 2.05) is 34.6 Å². The Kier molecular flexibility index (Phi) is 10.6. The van der Waals surface area contributed by atoms with Crippen LogP contribution in [-0.4, -0.2) is 94.9 Å². The van der Waals surface area contributed by atoms with Crippen molar-refractivity contribution in [1.29, 1.82) is 0 Å². The maximum absolute atomic E-state index is 13.8. The molecule has 3 aliphatic rings. The average Bonchev–Trinajstić information content (AvgIpc) is 3.39. The number of carbonyl (C=O) groups excluding carboxylic acids is 4. The largest absolute Gasteiger partial charge is 0.481 e. The first-order valence-corrected chi connectivity index (χ1v) is 15.7. The molecule has 5 atom stereocenters. The summed E-state index contributed by atoms with van der Waals surface area (Å²) < 4.78 is 5.67. The Hall–Kier alpha value is -3.06. The molecule has 3 N–H and O–H groups in total. The van der Waals surface area contributed by atoms with Crippen molar-refractivity contribution < 1.29 is 33.8 Å². The SMILES string of the molecule is CC[C@H](C)[C@H](NC(=O)CN(C)C)C(=O)N(C)[C@H](C[C@@H](OC(C)=O)c1nc(C(=O)NC23CC(C(=O)O)(C2)[C@@H]3C)cs1)C(C)C. The Labute approximate surface area is 257 Å². The van der Waals surface area contributed by atoms with Gasteiger partial charge in [0.2, 0.25) is 11.8 Å². The number of ether oxygens (including phenoxy) is 1. The Morgan fingerprint density at radius 3 is 2.28 bits per heavy atom. The summed E-state index contributed by atoms with van der Waals surface area (Å²) in [6.45, 7) is 11.1. The molecule has 12 nitrogen and oxygen atoms in total. The monoisotopic (exact) mass is 621 g/mol. The lowest BCUT2D eigenvalue weighted by molar-refractivity contribution is -0.229. The molecule has 13 heteroatoms. The van der Waals surface area contributed by atoms with Crippen LogP contribution in [0.15, 0.2) is 5.38 Å². The fraction of sp³-hybridized carbons (Fsp3) is 0.733. The second-order valence-electron chi connectivity index (χ2n) is 13.0. The second-order valence-corrected chi connectivity index (χ2v) is 13.9. The molecular formula is C30H47N5O7S. The molecule has 1 aromatic heterocycles. The molecule has 3 saturated carbocycles. The maximum Gasteiger partial charge on any atom is 0.310 e. The lowest BCUT2D eigenvalue weighted by Gasteiger charge is -2.73. The van der Waals surface area contributed by atoms with Crippen molar-refractivity contribution in [3.05, 3.63) is 16.1 Å². The number of thiazole rings is 1. The van der Waals surface area contributed by atoms with Gasteiger partial charge < -0.3 is 30.3 Å². The lowest BCUT2D eigenvalue weighted by Crippen LogP contribution is -2.83. The molecule has 0 aromatic carbocycles. The van der Waals surface area contributed by atoms with Crippen LogP contribution in [0.1, 0.15) is 88.8 Å². The summed E-state index contributed by atoms with van der Waals surface area (Å²) in [7, 11) is 5.27. The fourth-order valence-electron chi connectivity index (χ4n) is 6.38. The Morgan fingerprint density at radius 2 is 1.79 bits per heavy atom.